The van der Waals surface area contributed by atoms with E-state index >= 15 is 0 Å². The van der Waals surface area contributed by atoms with Crippen molar-refractivity contribution in [2.75, 3.05) is 18.9 Å². The number of rotatable bonds is 5. The lowest BCUT2D eigenvalue weighted by Gasteiger charge is -2.23. The first-order valence-electron chi connectivity index (χ1n) is 6.56. The second-order valence-corrected chi connectivity index (χ2v) is 6.55. The third kappa shape index (κ3) is 3.02. The highest BCUT2D eigenvalue weighted by atomic mass is 32.1. The fourth-order valence-electron chi connectivity index (χ4n) is 1.88. The summed E-state index contributed by atoms with van der Waals surface area (Å²) in [7, 11) is 1.85. The molecule has 108 valence electrons. The van der Waals surface area contributed by atoms with E-state index in [1.54, 1.807) is 16.2 Å². The number of hydrogen-bond acceptors (Lipinski definition) is 5. The molecular weight excluding hydrogens is 290 g/mol. The van der Waals surface area contributed by atoms with Crippen molar-refractivity contribution in [3.63, 3.8) is 0 Å². The largest absolute Gasteiger partial charge is 0.362 e. The van der Waals surface area contributed by atoms with E-state index in [1.807, 2.05) is 39.3 Å². The molecule has 2 rings (SSSR count). The van der Waals surface area contributed by atoms with Crippen molar-refractivity contribution < 1.29 is 4.79 Å². The van der Waals surface area contributed by atoms with Gasteiger partial charge in [-0.3, -0.25) is 4.79 Å². The second-order valence-electron chi connectivity index (χ2n) is 4.57. The Morgan fingerprint density at radius 1 is 1.55 bits per heavy atom. The Bertz CT molecular complexity index is 577. The van der Waals surface area contributed by atoms with Crippen LogP contribution in [-0.2, 0) is 0 Å². The summed E-state index contributed by atoms with van der Waals surface area (Å²) in [4.78, 5) is 20.7. The number of thiazole rings is 1. The van der Waals surface area contributed by atoms with Gasteiger partial charge in [0.15, 0.2) is 5.13 Å². The molecule has 2 aromatic heterocycles. The zero-order valence-electron chi connectivity index (χ0n) is 12.1. The predicted molar refractivity (Wildman–Crippen MR) is 85.8 cm³/mol. The molecule has 0 spiro atoms. The van der Waals surface area contributed by atoms with Crippen LogP contribution in [0, 0.1) is 6.92 Å². The second kappa shape index (κ2) is 6.37. The summed E-state index contributed by atoms with van der Waals surface area (Å²) >= 11 is 3.10. The van der Waals surface area contributed by atoms with Gasteiger partial charge in [0.25, 0.3) is 5.91 Å². The normalized spacial score (nSPS) is 12.2. The molecule has 6 heteroatoms. The van der Waals surface area contributed by atoms with Crippen molar-refractivity contribution in [3.05, 3.63) is 33.0 Å². The summed E-state index contributed by atoms with van der Waals surface area (Å²) in [5.41, 5.74) is 0.793. The minimum Gasteiger partial charge on any atom is -0.362 e. The Hall–Kier alpha value is -1.40. The molecule has 1 N–H and O–H groups in total. The van der Waals surface area contributed by atoms with E-state index < -0.39 is 0 Å². The Balaban J connectivity index is 2.18. The molecular formula is C14H19N3OS2. The van der Waals surface area contributed by atoms with Crippen LogP contribution in [-0.4, -0.2) is 29.4 Å². The van der Waals surface area contributed by atoms with Crippen molar-refractivity contribution in [2.45, 2.75) is 26.8 Å². The van der Waals surface area contributed by atoms with E-state index in [0.29, 0.717) is 4.88 Å². The van der Waals surface area contributed by atoms with Gasteiger partial charge in [-0.15, -0.1) is 11.3 Å². The third-order valence-corrected chi connectivity index (χ3v) is 5.32. The van der Waals surface area contributed by atoms with Crippen LogP contribution in [0.3, 0.4) is 0 Å². The Kier molecular flexibility index (Phi) is 4.77. The topological polar surface area (TPSA) is 45.2 Å². The highest BCUT2D eigenvalue weighted by Crippen LogP contribution is 2.28. The first-order valence-corrected chi connectivity index (χ1v) is 8.26. The Morgan fingerprint density at radius 2 is 2.30 bits per heavy atom. The van der Waals surface area contributed by atoms with Crippen molar-refractivity contribution in [3.8, 4) is 0 Å². The number of thiophene rings is 1. The summed E-state index contributed by atoms with van der Waals surface area (Å²) in [5, 5.41) is 6.00. The van der Waals surface area contributed by atoms with Gasteiger partial charge in [0, 0.05) is 18.5 Å². The van der Waals surface area contributed by atoms with Gasteiger partial charge >= 0.3 is 0 Å². The summed E-state index contributed by atoms with van der Waals surface area (Å²) in [6.45, 7) is 6.75. The summed E-state index contributed by atoms with van der Waals surface area (Å²) < 4.78 is 0. The monoisotopic (exact) mass is 309 g/mol. The molecule has 0 saturated heterocycles. The van der Waals surface area contributed by atoms with Gasteiger partial charge in [-0.25, -0.2) is 4.98 Å². The number of carbonyl (C=O) groups excluding carboxylic acids is 1. The summed E-state index contributed by atoms with van der Waals surface area (Å²) in [5.74, 6) is 0.0325. The summed E-state index contributed by atoms with van der Waals surface area (Å²) in [6.07, 6.45) is 0. The van der Waals surface area contributed by atoms with Crippen molar-refractivity contribution >= 4 is 33.7 Å². The number of aromatic nitrogens is 1. The third-order valence-electron chi connectivity index (χ3n) is 3.18. The van der Waals surface area contributed by atoms with E-state index in [2.05, 4.69) is 16.4 Å². The van der Waals surface area contributed by atoms with E-state index in [9.17, 15) is 4.79 Å². The maximum Gasteiger partial charge on any atom is 0.266 e. The van der Waals surface area contributed by atoms with Gasteiger partial charge < -0.3 is 10.2 Å². The molecule has 0 fully saturated rings. The Labute approximate surface area is 127 Å². The molecule has 2 heterocycles. The lowest BCUT2D eigenvalue weighted by Crippen LogP contribution is -2.29. The minimum atomic E-state index is 0.0325. The standard InChI is InChI=1S/C14H19N3OS2/c1-5-15-14-16-9(2)12(20-14)13(18)17(4)10(3)11-7-6-8-19-11/h6-8,10H,5H2,1-4H3,(H,15,16)/t10-/m1/s1. The quantitative estimate of drug-likeness (QED) is 0.914. The molecule has 0 radical (unpaired) electrons. The molecule has 0 aromatic carbocycles. The van der Waals surface area contributed by atoms with Crippen molar-refractivity contribution in [1.82, 2.24) is 9.88 Å². The van der Waals surface area contributed by atoms with Crippen LogP contribution < -0.4 is 5.32 Å². The van der Waals surface area contributed by atoms with E-state index in [0.717, 1.165) is 17.4 Å². The first-order chi connectivity index (χ1) is 9.54. The molecule has 0 aliphatic heterocycles. The van der Waals surface area contributed by atoms with Crippen LogP contribution in [0.4, 0.5) is 5.13 Å². The van der Waals surface area contributed by atoms with E-state index in [1.165, 1.54) is 16.2 Å². The number of aryl methyl sites for hydroxylation is 1. The molecule has 0 unspecified atom stereocenters. The zero-order chi connectivity index (χ0) is 14.7. The van der Waals surface area contributed by atoms with E-state index in [4.69, 9.17) is 0 Å². The molecule has 0 bridgehead atoms. The number of carbonyl (C=O) groups is 1. The minimum absolute atomic E-state index is 0.0325. The SMILES string of the molecule is CCNc1nc(C)c(C(=O)N(C)[C@H](C)c2cccs2)s1. The molecule has 20 heavy (non-hydrogen) atoms. The number of hydrogen-bond donors (Lipinski definition) is 1. The average molecular weight is 309 g/mol. The predicted octanol–water partition coefficient (Wildman–Crippen LogP) is 3.78. The smallest absolute Gasteiger partial charge is 0.266 e. The highest BCUT2D eigenvalue weighted by molar-refractivity contribution is 7.17. The fraction of sp³-hybridized carbons (Fsp3) is 0.429. The maximum absolute atomic E-state index is 12.6. The zero-order valence-corrected chi connectivity index (χ0v) is 13.8. The van der Waals surface area contributed by atoms with Gasteiger partial charge in [-0.05, 0) is 32.2 Å². The number of anilines is 1. The summed E-state index contributed by atoms with van der Waals surface area (Å²) in [6, 6.07) is 4.14. The van der Waals surface area contributed by atoms with Gasteiger partial charge in [0.2, 0.25) is 0 Å². The van der Waals surface area contributed by atoms with E-state index in [-0.39, 0.29) is 11.9 Å². The molecule has 0 aliphatic rings. The van der Waals surface area contributed by atoms with Crippen LogP contribution in [0.5, 0.6) is 0 Å². The molecule has 1 amide bonds. The molecule has 4 nitrogen and oxygen atoms in total. The van der Waals surface area contributed by atoms with Gasteiger partial charge in [0.05, 0.1) is 11.7 Å². The molecule has 2 aromatic rings. The van der Waals surface area contributed by atoms with Crippen LogP contribution in [0.1, 0.15) is 40.1 Å². The lowest BCUT2D eigenvalue weighted by molar-refractivity contribution is 0.0749. The van der Waals surface area contributed by atoms with Gasteiger partial charge in [0.1, 0.15) is 4.88 Å². The highest BCUT2D eigenvalue weighted by Gasteiger charge is 2.23. The molecule has 0 aliphatic carbocycles. The number of amides is 1. The first kappa shape index (κ1) is 15.0. The number of nitrogens with zero attached hydrogens (tertiary/aromatic N) is 2. The Morgan fingerprint density at radius 3 is 2.90 bits per heavy atom. The fourth-order valence-corrected chi connectivity index (χ4v) is 3.72. The molecule has 0 saturated carbocycles. The molecule has 1 atom stereocenters. The maximum atomic E-state index is 12.6. The lowest BCUT2D eigenvalue weighted by atomic mass is 10.2. The average Bonchev–Trinajstić information content (AvgIpc) is 3.06. The van der Waals surface area contributed by atoms with Crippen molar-refractivity contribution in [1.29, 1.82) is 0 Å². The number of nitrogens with one attached hydrogen (secondary N) is 1. The van der Waals surface area contributed by atoms with Crippen molar-refractivity contribution in [2.24, 2.45) is 0 Å². The van der Waals surface area contributed by atoms with Crippen LogP contribution in [0.15, 0.2) is 17.5 Å². The van der Waals surface area contributed by atoms with Gasteiger partial charge in [-0.2, -0.15) is 0 Å². The van der Waals surface area contributed by atoms with Crippen LogP contribution in [0.25, 0.3) is 0 Å². The van der Waals surface area contributed by atoms with Gasteiger partial charge in [-0.1, -0.05) is 17.4 Å². The van der Waals surface area contributed by atoms with Crippen LogP contribution >= 0.6 is 22.7 Å². The van der Waals surface area contributed by atoms with Crippen LogP contribution in [0.2, 0.25) is 0 Å².